The molecule has 0 aliphatic heterocycles. The van der Waals surface area contributed by atoms with Gasteiger partial charge in [-0.05, 0) is 89.8 Å². The summed E-state index contributed by atoms with van der Waals surface area (Å²) in [4.78, 5) is 13.6. The zero-order valence-electron chi connectivity index (χ0n) is 28.2. The summed E-state index contributed by atoms with van der Waals surface area (Å²) in [5.74, 6) is 0. The second kappa shape index (κ2) is 15.8. The Morgan fingerprint density at radius 2 is 1.18 bits per heavy atom. The standard InChI is InChI=1S/C34H25N2.C12H10N.Ir/c1-23-11-13-25(14-12-23)28-19-24(2)20-29(22-28)30-15-16-31(34-32(30)9-6-18-36-34)26-7-5-8-27(21-26)33-10-3-4-17-35-33;1-10-7-8-13-12(9-10)11-5-3-2-4-6-11;/h3-7,9-22H,1-2H3;2-5,7-9H,1H3;/q2*-1;. The number of aromatic nitrogens is 3. The van der Waals surface area contributed by atoms with E-state index in [1.165, 1.54) is 38.9 Å². The van der Waals surface area contributed by atoms with Crippen LogP contribution in [0, 0.1) is 32.9 Å². The van der Waals surface area contributed by atoms with Crippen molar-refractivity contribution in [2.24, 2.45) is 0 Å². The van der Waals surface area contributed by atoms with E-state index < -0.39 is 0 Å². The van der Waals surface area contributed by atoms with E-state index in [0.717, 1.165) is 44.5 Å². The molecular formula is C46H35IrN3-2. The van der Waals surface area contributed by atoms with E-state index >= 15 is 0 Å². The van der Waals surface area contributed by atoms with Crippen LogP contribution in [0.4, 0.5) is 0 Å². The molecule has 0 unspecified atom stereocenters. The van der Waals surface area contributed by atoms with Gasteiger partial charge in [-0.1, -0.05) is 89.5 Å². The molecule has 8 rings (SSSR count). The molecule has 0 aliphatic rings. The Labute approximate surface area is 308 Å². The molecule has 8 aromatic rings. The molecule has 0 spiro atoms. The van der Waals surface area contributed by atoms with Gasteiger partial charge in [-0.15, -0.1) is 65.7 Å². The van der Waals surface area contributed by atoms with Gasteiger partial charge in [-0.2, -0.15) is 0 Å². The monoisotopic (exact) mass is 822 g/mol. The molecule has 3 nitrogen and oxygen atoms in total. The molecule has 50 heavy (non-hydrogen) atoms. The van der Waals surface area contributed by atoms with Crippen molar-refractivity contribution in [1.82, 2.24) is 15.0 Å². The molecule has 0 aliphatic carbocycles. The molecular weight excluding hydrogens is 787 g/mol. The van der Waals surface area contributed by atoms with Crippen LogP contribution in [0.1, 0.15) is 16.7 Å². The van der Waals surface area contributed by atoms with Crippen LogP contribution < -0.4 is 0 Å². The van der Waals surface area contributed by atoms with E-state index in [1.54, 1.807) is 0 Å². The zero-order chi connectivity index (χ0) is 33.6. The van der Waals surface area contributed by atoms with Gasteiger partial charge in [-0.3, -0.25) is 4.98 Å². The third-order valence-corrected chi connectivity index (χ3v) is 8.50. The SMILES string of the molecule is Cc1ccc(-c2cc(C)cc(-c3ccc(-c4cc[c-]c(-c5ccccn5)c4)c4ncccc34)c2)cc1.Cc1ccnc(-c2[c-]cccc2)c1.[Ir]. The Morgan fingerprint density at radius 1 is 0.420 bits per heavy atom. The molecule has 5 aromatic carbocycles. The van der Waals surface area contributed by atoms with Gasteiger partial charge in [0.25, 0.3) is 0 Å². The normalized spacial score (nSPS) is 10.5. The fourth-order valence-corrected chi connectivity index (χ4v) is 6.05. The molecule has 0 saturated heterocycles. The second-order valence-corrected chi connectivity index (χ2v) is 12.2. The van der Waals surface area contributed by atoms with Gasteiger partial charge in [-0.25, -0.2) is 0 Å². The summed E-state index contributed by atoms with van der Waals surface area (Å²) >= 11 is 0. The van der Waals surface area contributed by atoms with Gasteiger partial charge in [0.1, 0.15) is 0 Å². The molecule has 0 N–H and O–H groups in total. The van der Waals surface area contributed by atoms with Crippen molar-refractivity contribution in [2.45, 2.75) is 20.8 Å². The maximum atomic E-state index is 4.83. The fourth-order valence-electron chi connectivity index (χ4n) is 6.05. The Morgan fingerprint density at radius 3 is 1.96 bits per heavy atom. The van der Waals surface area contributed by atoms with Gasteiger partial charge >= 0.3 is 0 Å². The summed E-state index contributed by atoms with van der Waals surface area (Å²) in [6.07, 6.45) is 5.51. The first-order valence-corrected chi connectivity index (χ1v) is 16.4. The van der Waals surface area contributed by atoms with Crippen LogP contribution in [0.2, 0.25) is 0 Å². The number of rotatable bonds is 5. The van der Waals surface area contributed by atoms with Gasteiger partial charge in [0, 0.05) is 44.1 Å². The summed E-state index contributed by atoms with van der Waals surface area (Å²) in [5.41, 5.74) is 15.7. The van der Waals surface area contributed by atoms with E-state index in [1.807, 2.05) is 79.3 Å². The van der Waals surface area contributed by atoms with E-state index in [0.29, 0.717) is 0 Å². The predicted octanol–water partition coefficient (Wildman–Crippen LogP) is 11.6. The van der Waals surface area contributed by atoms with Gasteiger partial charge in [0.05, 0.1) is 5.52 Å². The van der Waals surface area contributed by atoms with Gasteiger partial charge in [0.2, 0.25) is 0 Å². The summed E-state index contributed by atoms with van der Waals surface area (Å²) in [6, 6.07) is 54.7. The summed E-state index contributed by atoms with van der Waals surface area (Å²) in [5, 5.41) is 1.14. The van der Waals surface area contributed by atoms with Crippen LogP contribution >= 0.6 is 0 Å². The minimum atomic E-state index is 0. The van der Waals surface area contributed by atoms with E-state index in [4.69, 9.17) is 4.98 Å². The summed E-state index contributed by atoms with van der Waals surface area (Å²) in [7, 11) is 0. The first kappa shape index (κ1) is 34.3. The quantitative estimate of drug-likeness (QED) is 0.162. The fraction of sp³-hybridized carbons (Fsp3) is 0.0652. The number of nitrogens with zero attached hydrogens (tertiary/aromatic N) is 3. The third-order valence-electron chi connectivity index (χ3n) is 8.50. The molecule has 1 radical (unpaired) electrons. The van der Waals surface area contributed by atoms with Gasteiger partial charge < -0.3 is 9.97 Å². The van der Waals surface area contributed by atoms with Crippen LogP contribution in [0.5, 0.6) is 0 Å². The topological polar surface area (TPSA) is 38.7 Å². The number of fused-ring (bicyclic) bond motifs is 1. The predicted molar refractivity (Wildman–Crippen MR) is 203 cm³/mol. The number of hydrogen-bond donors (Lipinski definition) is 0. The minimum absolute atomic E-state index is 0. The van der Waals surface area contributed by atoms with Crippen molar-refractivity contribution in [1.29, 1.82) is 0 Å². The number of hydrogen-bond acceptors (Lipinski definition) is 3. The summed E-state index contributed by atoms with van der Waals surface area (Å²) in [6.45, 7) is 6.35. The zero-order valence-corrected chi connectivity index (χ0v) is 30.6. The largest absolute Gasteiger partial charge is 0.305 e. The Balaban J connectivity index is 0.000000260. The molecule has 0 atom stereocenters. The van der Waals surface area contributed by atoms with Crippen molar-refractivity contribution in [3.63, 3.8) is 0 Å². The van der Waals surface area contributed by atoms with Crippen LogP contribution in [0.15, 0.2) is 158 Å². The molecule has 0 fully saturated rings. The number of pyridine rings is 3. The van der Waals surface area contributed by atoms with Crippen molar-refractivity contribution in [2.75, 3.05) is 0 Å². The Kier molecular flexibility index (Phi) is 10.8. The molecule has 0 bridgehead atoms. The van der Waals surface area contributed by atoms with Crippen molar-refractivity contribution in [3.8, 4) is 55.9 Å². The first-order chi connectivity index (χ1) is 24.0. The Hall–Kier alpha value is -5.54. The van der Waals surface area contributed by atoms with Gasteiger partial charge in [0.15, 0.2) is 0 Å². The minimum Gasteiger partial charge on any atom is -0.305 e. The number of benzene rings is 5. The third kappa shape index (κ3) is 7.84. The van der Waals surface area contributed by atoms with E-state index in [-0.39, 0.29) is 20.1 Å². The second-order valence-electron chi connectivity index (χ2n) is 12.2. The van der Waals surface area contributed by atoms with E-state index in [9.17, 15) is 0 Å². The average Bonchev–Trinajstić information content (AvgIpc) is 3.15. The van der Waals surface area contributed by atoms with Crippen LogP contribution in [-0.4, -0.2) is 15.0 Å². The molecule has 0 saturated carbocycles. The first-order valence-electron chi connectivity index (χ1n) is 16.4. The van der Waals surface area contributed by atoms with Crippen LogP contribution in [-0.2, 0) is 20.1 Å². The van der Waals surface area contributed by atoms with Crippen LogP contribution in [0.25, 0.3) is 66.8 Å². The molecule has 3 heterocycles. The van der Waals surface area contributed by atoms with Crippen molar-refractivity contribution in [3.05, 3.63) is 187 Å². The van der Waals surface area contributed by atoms with Crippen molar-refractivity contribution < 1.29 is 20.1 Å². The molecule has 4 heteroatoms. The average molecular weight is 822 g/mol. The van der Waals surface area contributed by atoms with Crippen molar-refractivity contribution >= 4 is 10.9 Å². The smallest absolute Gasteiger partial charge is 0.0770 e. The van der Waals surface area contributed by atoms with Crippen LogP contribution in [0.3, 0.4) is 0 Å². The molecule has 245 valence electrons. The maximum absolute atomic E-state index is 4.83. The molecule has 0 amide bonds. The van der Waals surface area contributed by atoms with E-state index in [2.05, 4.69) is 122 Å². The Bertz CT molecular complexity index is 2350. The summed E-state index contributed by atoms with van der Waals surface area (Å²) < 4.78 is 0. The maximum Gasteiger partial charge on any atom is 0.0770 e. The number of aryl methyl sites for hydroxylation is 3. The molecule has 3 aromatic heterocycles.